The number of rotatable bonds is 1. The molecule has 27 heavy (non-hydrogen) atoms. The van der Waals surface area contributed by atoms with Gasteiger partial charge in [0.05, 0.1) is 11.0 Å². The van der Waals surface area contributed by atoms with Crippen LogP contribution in [0.2, 0.25) is 5.02 Å². The Balaban J connectivity index is 1.96. The maximum Gasteiger partial charge on any atom is 0.332 e. The van der Waals surface area contributed by atoms with E-state index in [1.165, 1.54) is 20.2 Å². The van der Waals surface area contributed by atoms with Gasteiger partial charge in [-0.2, -0.15) is 0 Å². The molecule has 3 aliphatic heterocycles. The lowest BCUT2D eigenvalue weighted by molar-refractivity contribution is -0.384. The number of carbonyl (C=O) groups is 3. The number of hydrogen-bond acceptors (Lipinski definition) is 6. The van der Waals surface area contributed by atoms with Crippen LogP contribution in [0.5, 0.6) is 0 Å². The first kappa shape index (κ1) is 17.7. The van der Waals surface area contributed by atoms with Gasteiger partial charge in [0, 0.05) is 44.4 Å². The zero-order valence-electron chi connectivity index (χ0n) is 14.8. The highest BCUT2D eigenvalue weighted by Gasteiger charge is 2.64. The number of carbonyl (C=O) groups excluding carboxylic acids is 3. The topological polar surface area (TPSA) is 104 Å². The fraction of sp³-hybridized carbons (Fsp3) is 0.471. The molecular formula is C17H17ClN4O5. The summed E-state index contributed by atoms with van der Waals surface area (Å²) in [5.41, 5.74) is -0.667. The van der Waals surface area contributed by atoms with Crippen LogP contribution in [0.4, 0.5) is 16.2 Å². The maximum absolute atomic E-state index is 13.2. The Morgan fingerprint density at radius 1 is 1.19 bits per heavy atom. The number of nitro groups is 1. The Bertz CT molecular complexity index is 893. The molecule has 0 N–H and O–H groups in total. The Labute approximate surface area is 159 Å². The minimum absolute atomic E-state index is 0.0648. The number of anilines is 1. The van der Waals surface area contributed by atoms with Gasteiger partial charge in [-0.15, -0.1) is 0 Å². The molecule has 10 heteroatoms. The van der Waals surface area contributed by atoms with E-state index >= 15 is 0 Å². The van der Waals surface area contributed by atoms with Crippen molar-refractivity contribution in [2.45, 2.75) is 25.3 Å². The van der Waals surface area contributed by atoms with E-state index in [0.29, 0.717) is 24.2 Å². The lowest BCUT2D eigenvalue weighted by Gasteiger charge is -2.50. The van der Waals surface area contributed by atoms with Crippen LogP contribution < -0.4 is 4.90 Å². The van der Waals surface area contributed by atoms with Gasteiger partial charge in [0.15, 0.2) is 5.41 Å². The molecule has 0 bridgehead atoms. The summed E-state index contributed by atoms with van der Waals surface area (Å²) < 4.78 is 0. The van der Waals surface area contributed by atoms with Crippen molar-refractivity contribution in [2.75, 3.05) is 25.5 Å². The minimum atomic E-state index is -1.51. The van der Waals surface area contributed by atoms with Crippen molar-refractivity contribution in [3.63, 3.8) is 0 Å². The number of benzene rings is 1. The van der Waals surface area contributed by atoms with Gasteiger partial charge < -0.3 is 4.90 Å². The summed E-state index contributed by atoms with van der Waals surface area (Å²) in [7, 11) is 2.69. The molecule has 1 atom stereocenters. The number of imide groups is 2. The number of fused-ring (bicyclic) bond motifs is 4. The molecule has 3 heterocycles. The largest absolute Gasteiger partial charge is 0.367 e. The average molecular weight is 393 g/mol. The van der Waals surface area contributed by atoms with Crippen molar-refractivity contribution in [3.8, 4) is 0 Å². The van der Waals surface area contributed by atoms with Crippen molar-refractivity contribution in [1.82, 2.24) is 9.80 Å². The molecule has 1 unspecified atom stereocenters. The fourth-order valence-corrected chi connectivity index (χ4v) is 4.96. The fourth-order valence-electron chi connectivity index (χ4n) is 4.67. The molecule has 1 spiro atoms. The van der Waals surface area contributed by atoms with Crippen LogP contribution in [0, 0.1) is 15.5 Å². The number of hydrogen-bond donors (Lipinski definition) is 0. The SMILES string of the molecule is CN1C(=O)N(C)C(=O)C2(Cc3c(ccc([N+](=O)[O-])c3Cl)N3CCCC32)C1=O. The van der Waals surface area contributed by atoms with Gasteiger partial charge in [-0.1, -0.05) is 11.6 Å². The summed E-state index contributed by atoms with van der Waals surface area (Å²) in [6.45, 7) is 0.607. The van der Waals surface area contributed by atoms with Gasteiger partial charge in [-0.25, -0.2) is 4.79 Å². The Kier molecular flexibility index (Phi) is 3.71. The van der Waals surface area contributed by atoms with Gasteiger partial charge in [-0.05, 0) is 18.9 Å². The molecule has 0 saturated carbocycles. The summed E-state index contributed by atoms with van der Waals surface area (Å²) >= 11 is 6.33. The van der Waals surface area contributed by atoms with E-state index in [9.17, 15) is 24.5 Å². The van der Waals surface area contributed by atoms with Gasteiger partial charge in [-0.3, -0.25) is 29.5 Å². The zero-order valence-corrected chi connectivity index (χ0v) is 15.5. The molecule has 9 nitrogen and oxygen atoms in total. The number of barbiturate groups is 1. The second kappa shape index (κ2) is 5.66. The van der Waals surface area contributed by atoms with E-state index in [1.54, 1.807) is 6.07 Å². The van der Waals surface area contributed by atoms with Crippen molar-refractivity contribution in [1.29, 1.82) is 0 Å². The van der Waals surface area contributed by atoms with Gasteiger partial charge >= 0.3 is 6.03 Å². The second-order valence-corrected chi connectivity index (χ2v) is 7.54. The average Bonchev–Trinajstić information content (AvgIpc) is 3.14. The summed E-state index contributed by atoms with van der Waals surface area (Å²) in [6.07, 6.45) is 1.31. The number of urea groups is 1. The monoisotopic (exact) mass is 392 g/mol. The van der Waals surface area contributed by atoms with E-state index in [1.807, 2.05) is 4.90 Å². The van der Waals surface area contributed by atoms with E-state index in [2.05, 4.69) is 0 Å². The standard InChI is InChI=1S/C17H17ClN4O5/c1-19-14(23)17(15(24)20(2)16(19)25)8-9-10(21-7-3-4-12(17)21)5-6-11(13(9)18)22(26)27/h5-6,12H,3-4,7-8H2,1-2H3. The molecule has 1 aromatic rings. The molecular weight excluding hydrogens is 376 g/mol. The molecule has 4 rings (SSSR count). The lowest BCUT2D eigenvalue weighted by atomic mass is 9.68. The molecule has 3 aliphatic rings. The number of amides is 4. The second-order valence-electron chi connectivity index (χ2n) is 7.16. The normalized spacial score (nSPS) is 23.7. The van der Waals surface area contributed by atoms with Gasteiger partial charge in [0.1, 0.15) is 5.02 Å². The third-order valence-corrected chi connectivity index (χ3v) is 6.35. The third kappa shape index (κ3) is 2.08. The van der Waals surface area contributed by atoms with Crippen molar-refractivity contribution in [3.05, 3.63) is 32.8 Å². The smallest absolute Gasteiger partial charge is 0.332 e. The first-order valence-electron chi connectivity index (χ1n) is 8.54. The van der Waals surface area contributed by atoms with Crippen LogP contribution in [-0.4, -0.2) is 59.3 Å². The molecule has 0 radical (unpaired) electrons. The first-order valence-corrected chi connectivity index (χ1v) is 8.92. The highest BCUT2D eigenvalue weighted by Crippen LogP contribution is 2.52. The van der Waals surface area contributed by atoms with Crippen LogP contribution in [0.15, 0.2) is 12.1 Å². The predicted octanol–water partition coefficient (Wildman–Crippen LogP) is 1.81. The predicted molar refractivity (Wildman–Crippen MR) is 95.5 cm³/mol. The molecule has 142 valence electrons. The zero-order chi connectivity index (χ0) is 19.7. The van der Waals surface area contributed by atoms with Crippen LogP contribution in [0.1, 0.15) is 18.4 Å². The molecule has 0 aliphatic carbocycles. The Morgan fingerprint density at radius 3 is 2.41 bits per heavy atom. The maximum atomic E-state index is 13.2. The molecule has 0 aromatic heterocycles. The first-order chi connectivity index (χ1) is 12.7. The van der Waals surface area contributed by atoms with E-state index in [0.717, 1.165) is 16.2 Å². The minimum Gasteiger partial charge on any atom is -0.367 e. The number of nitrogens with zero attached hydrogens (tertiary/aromatic N) is 4. The number of nitro benzene ring substituents is 1. The molecule has 4 amide bonds. The summed E-state index contributed by atoms with van der Waals surface area (Å²) in [5.74, 6) is -1.17. The van der Waals surface area contributed by atoms with Crippen molar-refractivity contribution >= 4 is 40.8 Å². The molecule has 2 saturated heterocycles. The third-order valence-electron chi connectivity index (χ3n) is 5.93. The number of halogens is 1. The molecule has 2 fully saturated rings. The van der Waals surface area contributed by atoms with Crippen LogP contribution in [-0.2, 0) is 16.0 Å². The quantitative estimate of drug-likeness (QED) is 0.410. The van der Waals surface area contributed by atoms with E-state index in [-0.39, 0.29) is 17.1 Å². The Morgan fingerprint density at radius 2 is 1.81 bits per heavy atom. The Hall–Kier alpha value is -2.68. The van der Waals surface area contributed by atoms with Gasteiger partial charge in [0.25, 0.3) is 5.69 Å². The van der Waals surface area contributed by atoms with Crippen LogP contribution in [0.25, 0.3) is 0 Å². The highest BCUT2D eigenvalue weighted by atomic mass is 35.5. The van der Waals surface area contributed by atoms with Crippen molar-refractivity contribution in [2.24, 2.45) is 5.41 Å². The van der Waals surface area contributed by atoms with E-state index in [4.69, 9.17) is 11.6 Å². The summed E-state index contributed by atoms with van der Waals surface area (Å²) in [5, 5.41) is 11.2. The van der Waals surface area contributed by atoms with Crippen molar-refractivity contribution < 1.29 is 19.3 Å². The van der Waals surface area contributed by atoms with Gasteiger partial charge in [0.2, 0.25) is 11.8 Å². The highest BCUT2D eigenvalue weighted by molar-refractivity contribution is 6.34. The molecule has 1 aromatic carbocycles. The van der Waals surface area contributed by atoms with Crippen LogP contribution >= 0.6 is 11.6 Å². The van der Waals surface area contributed by atoms with Crippen LogP contribution in [0.3, 0.4) is 0 Å². The van der Waals surface area contributed by atoms with E-state index < -0.39 is 34.2 Å². The summed E-state index contributed by atoms with van der Waals surface area (Å²) in [6, 6.07) is 1.87. The summed E-state index contributed by atoms with van der Waals surface area (Å²) in [4.78, 5) is 53.2. The lowest BCUT2D eigenvalue weighted by Crippen LogP contribution is -2.70.